The third kappa shape index (κ3) is 32.1. The van der Waals surface area contributed by atoms with Gasteiger partial charge in [0, 0.05) is 12.8 Å². The van der Waals surface area contributed by atoms with Crippen LogP contribution in [0, 0.1) is 0 Å². The number of esters is 2. The number of hydrogen-bond acceptors (Lipinski definition) is 14. The summed E-state index contributed by atoms with van der Waals surface area (Å²) in [5, 5.41) is 31.8. The molecule has 0 heterocycles. The van der Waals surface area contributed by atoms with Crippen molar-refractivity contribution in [3.8, 4) is 0 Å². The molecule has 19 nitrogen and oxygen atoms in total. The highest BCUT2D eigenvalue weighted by Crippen LogP contribution is 2.51. The van der Waals surface area contributed by atoms with Crippen LogP contribution in [0.15, 0.2) is 24.3 Å². The maximum absolute atomic E-state index is 13.1. The Morgan fingerprint density at radius 1 is 0.492 bits per heavy atom. The Balaban J connectivity index is 2.75. The molecule has 8 atom stereocenters. The molecule has 5 unspecified atom stereocenters. The first kappa shape index (κ1) is 61.6. The second-order valence-electron chi connectivity index (χ2n) is 16.7. The van der Waals surface area contributed by atoms with Crippen molar-refractivity contribution in [1.82, 2.24) is 0 Å². The van der Waals surface area contributed by atoms with Crippen LogP contribution < -0.4 is 0 Å². The molecule has 1 saturated carbocycles. The van der Waals surface area contributed by atoms with E-state index in [4.69, 9.17) is 18.5 Å². The zero-order valence-corrected chi connectivity index (χ0v) is 41.2. The molecule has 0 aliphatic heterocycles. The fourth-order valence-electron chi connectivity index (χ4n) is 7.20. The largest absolute Gasteiger partial charge is 0.472 e. The third-order valence-corrected chi connectivity index (χ3v) is 12.8. The number of carbonyl (C=O) groups excluding carboxylic acids is 2. The molecule has 8 N–H and O–H groups in total. The third-order valence-electron chi connectivity index (χ3n) is 10.8. The summed E-state index contributed by atoms with van der Waals surface area (Å²) in [5.41, 5.74) is 0. The summed E-state index contributed by atoms with van der Waals surface area (Å²) in [6.07, 6.45) is 17.7. The van der Waals surface area contributed by atoms with Gasteiger partial charge in [0.05, 0.1) is 6.61 Å². The average molecular weight is 995 g/mol. The van der Waals surface area contributed by atoms with Gasteiger partial charge in [-0.2, -0.15) is 0 Å². The van der Waals surface area contributed by atoms with Gasteiger partial charge in [0.25, 0.3) is 0 Å². The van der Waals surface area contributed by atoms with E-state index in [-0.39, 0.29) is 12.8 Å². The summed E-state index contributed by atoms with van der Waals surface area (Å²) in [5.74, 6) is -1.31. The van der Waals surface area contributed by atoms with Gasteiger partial charge in [-0.25, -0.2) is 13.7 Å². The molecule has 1 rings (SSSR count). The van der Waals surface area contributed by atoms with E-state index in [9.17, 15) is 63.1 Å². The highest BCUT2D eigenvalue weighted by molar-refractivity contribution is 7.47. The molecule has 0 aromatic heterocycles. The van der Waals surface area contributed by atoms with Crippen LogP contribution in [0.4, 0.5) is 0 Å². The Hall–Kier alpha value is -1.37. The molecule has 382 valence electrons. The fourth-order valence-corrected chi connectivity index (χ4v) is 9.30. The summed E-state index contributed by atoms with van der Waals surface area (Å²) in [7, 11) is -16.6. The molecule has 0 amide bonds. The van der Waals surface area contributed by atoms with Gasteiger partial charge >= 0.3 is 35.4 Å². The summed E-state index contributed by atoms with van der Waals surface area (Å²) < 4.78 is 65.4. The number of unbranched alkanes of at least 4 members (excludes halogenated alkanes) is 20. The monoisotopic (exact) mass is 994 g/mol. The van der Waals surface area contributed by atoms with Gasteiger partial charge in [0.1, 0.15) is 43.2 Å². The van der Waals surface area contributed by atoms with E-state index in [2.05, 4.69) is 47.2 Å². The van der Waals surface area contributed by atoms with Gasteiger partial charge in [0.2, 0.25) is 0 Å². The minimum atomic E-state index is -5.60. The van der Waals surface area contributed by atoms with E-state index < -0.39 is 91.3 Å². The van der Waals surface area contributed by atoms with E-state index in [1.807, 2.05) is 0 Å². The van der Waals surface area contributed by atoms with E-state index in [0.29, 0.717) is 12.8 Å². The number of hydrogen-bond donors (Lipinski definition) is 8. The lowest BCUT2D eigenvalue weighted by atomic mass is 9.85. The molecule has 65 heavy (non-hydrogen) atoms. The predicted octanol–water partition coefficient (Wildman–Crippen LogP) is 8.29. The van der Waals surface area contributed by atoms with Crippen LogP contribution in [0.5, 0.6) is 0 Å². The molecule has 0 aromatic rings. The van der Waals surface area contributed by atoms with Crippen molar-refractivity contribution < 1.29 is 90.6 Å². The van der Waals surface area contributed by atoms with Crippen LogP contribution in [-0.2, 0) is 50.9 Å². The highest BCUT2D eigenvalue weighted by atomic mass is 31.2. The number of allylic oxidation sites excluding steroid dienone is 4. The van der Waals surface area contributed by atoms with Crippen molar-refractivity contribution in [2.75, 3.05) is 13.2 Å². The molecular weight excluding hydrogens is 913 g/mol. The number of carbonyl (C=O) groups is 2. The summed E-state index contributed by atoms with van der Waals surface area (Å²) >= 11 is 0. The minimum Gasteiger partial charge on any atom is -0.462 e. The van der Waals surface area contributed by atoms with Crippen LogP contribution in [0.2, 0.25) is 0 Å². The van der Waals surface area contributed by atoms with E-state index in [1.165, 1.54) is 64.2 Å². The Morgan fingerprint density at radius 3 is 1.38 bits per heavy atom. The van der Waals surface area contributed by atoms with Crippen LogP contribution in [0.1, 0.15) is 181 Å². The first-order valence-electron chi connectivity index (χ1n) is 23.6. The summed E-state index contributed by atoms with van der Waals surface area (Å²) in [6.45, 7) is 2.90. The number of ether oxygens (including phenoxy) is 2. The number of aliphatic hydroxyl groups is 3. The molecule has 0 bridgehead atoms. The lowest BCUT2D eigenvalue weighted by Crippen LogP contribution is -2.65. The molecule has 1 aliphatic carbocycles. The molecule has 0 radical (unpaired) electrons. The van der Waals surface area contributed by atoms with Crippen molar-refractivity contribution in [2.24, 2.45) is 0 Å². The first-order valence-corrected chi connectivity index (χ1v) is 28.2. The quantitative estimate of drug-likeness (QED) is 0.0124. The number of phosphoric acid groups is 3. The van der Waals surface area contributed by atoms with Crippen molar-refractivity contribution >= 4 is 35.4 Å². The highest BCUT2D eigenvalue weighted by Gasteiger charge is 2.56. The van der Waals surface area contributed by atoms with E-state index >= 15 is 0 Å². The normalized spacial score (nSPS) is 22.1. The molecule has 0 saturated heterocycles. The maximum Gasteiger partial charge on any atom is 0.472 e. The fraction of sp³-hybridized carbons (Fsp3) is 0.860. The molecule has 1 fully saturated rings. The van der Waals surface area contributed by atoms with Crippen LogP contribution in [-0.4, -0.2) is 108 Å². The smallest absolute Gasteiger partial charge is 0.462 e. The van der Waals surface area contributed by atoms with Gasteiger partial charge in [-0.3, -0.25) is 27.7 Å². The average Bonchev–Trinajstić information content (AvgIpc) is 3.23. The Bertz CT molecular complexity index is 1470. The second-order valence-corrected chi connectivity index (χ2v) is 20.5. The van der Waals surface area contributed by atoms with Crippen molar-refractivity contribution in [3.63, 3.8) is 0 Å². The number of phosphoric ester groups is 3. The molecule has 22 heteroatoms. The van der Waals surface area contributed by atoms with E-state index in [0.717, 1.165) is 77.0 Å². The SMILES string of the molecule is CCCCCC=CCC=CCCCCCCCC(=O)OC[C@H](COP(=O)(O)O[C@H]1C(O)C(O)C(OP(=O)(O)O)[C@@H](OP(=O)(O)O)C1O)OC(=O)CCCCCCCCCCCCCCC. The second kappa shape index (κ2) is 35.7. The number of aliphatic hydroxyl groups excluding tert-OH is 3. The predicted molar refractivity (Wildman–Crippen MR) is 243 cm³/mol. The van der Waals surface area contributed by atoms with Gasteiger partial charge in [0.15, 0.2) is 6.10 Å². The van der Waals surface area contributed by atoms with Crippen molar-refractivity contribution in [3.05, 3.63) is 24.3 Å². The standard InChI is InChI=1S/C43H81O19P3/c1-3-5-7-9-11-13-15-17-18-20-21-23-25-27-29-31-36(44)57-33-35(59-37(45)32-30-28-26-24-22-19-16-14-12-10-8-6-4-2)34-58-65(55,56)62-41-38(46)39(47)42(60-63(49,50)51)43(40(41)48)61-64(52,53)54/h11,13,17-18,35,38-43,46-48H,3-10,12,14-16,19-34H2,1-2H3,(H,55,56)(H2,49,50,51)(H2,52,53,54)/t35-,38?,39?,40?,41+,42?,43+/m1/s1. The zero-order chi connectivity index (χ0) is 48.6. The Labute approximate surface area is 386 Å². The maximum atomic E-state index is 13.1. The van der Waals surface area contributed by atoms with Crippen LogP contribution >= 0.6 is 23.5 Å². The molecule has 1 aliphatic rings. The molecular formula is C43H81O19P3. The van der Waals surface area contributed by atoms with Gasteiger partial charge < -0.3 is 49.3 Å². The van der Waals surface area contributed by atoms with E-state index in [1.54, 1.807) is 0 Å². The zero-order valence-electron chi connectivity index (χ0n) is 38.6. The molecule has 0 aromatic carbocycles. The van der Waals surface area contributed by atoms with Gasteiger partial charge in [-0.15, -0.1) is 0 Å². The molecule has 0 spiro atoms. The lowest BCUT2D eigenvalue weighted by molar-refractivity contribution is -0.213. The van der Waals surface area contributed by atoms with Crippen molar-refractivity contribution in [2.45, 2.75) is 224 Å². The first-order chi connectivity index (χ1) is 30.8. The minimum absolute atomic E-state index is 0.00138. The Kier molecular flexibility index (Phi) is 33.9. The summed E-state index contributed by atoms with van der Waals surface area (Å²) in [4.78, 5) is 73.1. The topological polar surface area (TPSA) is 303 Å². The van der Waals surface area contributed by atoms with Crippen LogP contribution in [0.25, 0.3) is 0 Å². The summed E-state index contributed by atoms with van der Waals surface area (Å²) in [6, 6.07) is 0. The Morgan fingerprint density at radius 2 is 0.892 bits per heavy atom. The lowest BCUT2D eigenvalue weighted by Gasteiger charge is -2.44. The van der Waals surface area contributed by atoms with Crippen LogP contribution in [0.3, 0.4) is 0 Å². The van der Waals surface area contributed by atoms with Gasteiger partial charge in [-0.05, 0) is 44.9 Å². The van der Waals surface area contributed by atoms with Gasteiger partial charge in [-0.1, -0.05) is 147 Å². The number of rotatable bonds is 40. The van der Waals surface area contributed by atoms with Crippen molar-refractivity contribution in [1.29, 1.82) is 0 Å².